The van der Waals surface area contributed by atoms with E-state index in [0.29, 0.717) is 35.1 Å². The quantitative estimate of drug-likeness (QED) is 0.638. The fourth-order valence-electron chi connectivity index (χ4n) is 2.61. The van der Waals surface area contributed by atoms with E-state index in [4.69, 9.17) is 20.9 Å². The minimum Gasteiger partial charge on any atom is -0.455 e. The van der Waals surface area contributed by atoms with Gasteiger partial charge in [0, 0.05) is 17.0 Å². The summed E-state index contributed by atoms with van der Waals surface area (Å²) in [6.45, 7) is 3.71. The van der Waals surface area contributed by atoms with Gasteiger partial charge in [-0.3, -0.25) is 4.79 Å². The van der Waals surface area contributed by atoms with Gasteiger partial charge in [0.25, 0.3) is 0 Å². The van der Waals surface area contributed by atoms with Crippen LogP contribution in [0.25, 0.3) is 0 Å². The number of carbonyl (C=O) groups is 1. The molecule has 2 aromatic carbocycles. The Kier molecular flexibility index (Phi) is 5.58. The second-order valence-electron chi connectivity index (χ2n) is 5.91. The van der Waals surface area contributed by atoms with Gasteiger partial charge in [-0.15, -0.1) is 0 Å². The van der Waals surface area contributed by atoms with Crippen LogP contribution in [-0.4, -0.2) is 11.1 Å². The fraction of sp³-hybridized carbons (Fsp3) is 0.200. The molecule has 0 radical (unpaired) electrons. The number of carbonyl (C=O) groups excluding carboxylic acids is 1. The van der Waals surface area contributed by atoms with Gasteiger partial charge in [0.2, 0.25) is 5.91 Å². The summed E-state index contributed by atoms with van der Waals surface area (Å²) in [6.07, 6.45) is 0.864. The lowest BCUT2D eigenvalue weighted by molar-refractivity contribution is -0.116. The predicted octanol–water partition coefficient (Wildman–Crippen LogP) is 5.31. The molecule has 0 saturated heterocycles. The SMILES string of the molecule is Cc1noc(C)c1CCC(=O)Nc1cc(Cl)ccc1Oc1ccccc1. The van der Waals surface area contributed by atoms with E-state index in [0.717, 1.165) is 17.0 Å². The maximum atomic E-state index is 12.4. The number of halogens is 1. The van der Waals surface area contributed by atoms with Gasteiger partial charge >= 0.3 is 0 Å². The molecule has 134 valence electrons. The third kappa shape index (κ3) is 4.43. The Labute approximate surface area is 156 Å². The lowest BCUT2D eigenvalue weighted by Gasteiger charge is -2.13. The maximum absolute atomic E-state index is 12.4. The molecule has 1 amide bonds. The fourth-order valence-corrected chi connectivity index (χ4v) is 2.79. The van der Waals surface area contributed by atoms with Gasteiger partial charge in [0.05, 0.1) is 11.4 Å². The van der Waals surface area contributed by atoms with Crippen molar-refractivity contribution in [3.8, 4) is 11.5 Å². The standard InChI is InChI=1S/C20H19ClN2O3/c1-13-17(14(2)26-23-13)9-11-20(24)22-18-12-15(21)8-10-19(18)25-16-6-4-3-5-7-16/h3-8,10,12H,9,11H2,1-2H3,(H,22,24). The van der Waals surface area contributed by atoms with Crippen LogP contribution in [0.15, 0.2) is 53.1 Å². The van der Waals surface area contributed by atoms with Gasteiger partial charge in [0.15, 0.2) is 5.75 Å². The highest BCUT2D eigenvalue weighted by molar-refractivity contribution is 6.31. The topological polar surface area (TPSA) is 64.4 Å². The van der Waals surface area contributed by atoms with Crippen molar-refractivity contribution >= 4 is 23.2 Å². The van der Waals surface area contributed by atoms with E-state index >= 15 is 0 Å². The van der Waals surface area contributed by atoms with Gasteiger partial charge in [-0.2, -0.15) is 0 Å². The summed E-state index contributed by atoms with van der Waals surface area (Å²) in [5, 5.41) is 7.30. The van der Waals surface area contributed by atoms with Crippen molar-refractivity contribution in [3.05, 3.63) is 70.6 Å². The molecule has 5 nitrogen and oxygen atoms in total. The zero-order valence-electron chi connectivity index (χ0n) is 14.6. The zero-order chi connectivity index (χ0) is 18.5. The van der Waals surface area contributed by atoms with E-state index in [1.807, 2.05) is 44.2 Å². The number of ether oxygens (including phenoxy) is 1. The van der Waals surface area contributed by atoms with Crippen molar-refractivity contribution in [1.82, 2.24) is 5.16 Å². The number of aromatic nitrogens is 1. The summed E-state index contributed by atoms with van der Waals surface area (Å²) in [5.74, 6) is 1.82. The third-order valence-electron chi connectivity index (χ3n) is 3.97. The van der Waals surface area contributed by atoms with Crippen LogP contribution in [0.4, 0.5) is 5.69 Å². The number of nitrogens with one attached hydrogen (secondary N) is 1. The summed E-state index contributed by atoms with van der Waals surface area (Å²) in [5.41, 5.74) is 2.31. The van der Waals surface area contributed by atoms with Gasteiger partial charge in [-0.05, 0) is 50.6 Å². The van der Waals surface area contributed by atoms with Gasteiger partial charge in [-0.25, -0.2) is 0 Å². The molecular weight excluding hydrogens is 352 g/mol. The Bertz CT molecular complexity index is 887. The molecule has 0 saturated carbocycles. The average Bonchev–Trinajstić information content (AvgIpc) is 2.94. The molecule has 0 unspecified atom stereocenters. The monoisotopic (exact) mass is 370 g/mol. The second kappa shape index (κ2) is 8.06. The van der Waals surface area contributed by atoms with Crippen LogP contribution in [0.2, 0.25) is 5.02 Å². The molecule has 0 bridgehead atoms. The van der Waals surface area contributed by atoms with Crippen molar-refractivity contribution < 1.29 is 14.1 Å². The number of benzene rings is 2. The number of nitrogens with zero attached hydrogens (tertiary/aromatic N) is 1. The van der Waals surface area contributed by atoms with Crippen LogP contribution in [0.5, 0.6) is 11.5 Å². The minimum atomic E-state index is -0.134. The molecular formula is C20H19ClN2O3. The van der Waals surface area contributed by atoms with E-state index in [9.17, 15) is 4.79 Å². The van der Waals surface area contributed by atoms with Crippen LogP contribution >= 0.6 is 11.6 Å². The third-order valence-corrected chi connectivity index (χ3v) is 4.21. The highest BCUT2D eigenvalue weighted by atomic mass is 35.5. The number of para-hydroxylation sites is 1. The smallest absolute Gasteiger partial charge is 0.224 e. The molecule has 26 heavy (non-hydrogen) atoms. The first-order chi connectivity index (χ1) is 12.5. The Morgan fingerprint density at radius 3 is 2.65 bits per heavy atom. The van der Waals surface area contributed by atoms with E-state index in [-0.39, 0.29) is 5.91 Å². The summed E-state index contributed by atoms with van der Waals surface area (Å²) < 4.78 is 11.0. The highest BCUT2D eigenvalue weighted by Crippen LogP contribution is 2.32. The van der Waals surface area contributed by atoms with Crippen LogP contribution in [0.3, 0.4) is 0 Å². The Morgan fingerprint density at radius 1 is 1.19 bits per heavy atom. The molecule has 6 heteroatoms. The van der Waals surface area contributed by atoms with Crippen LogP contribution in [0, 0.1) is 13.8 Å². The Balaban J connectivity index is 1.70. The highest BCUT2D eigenvalue weighted by Gasteiger charge is 2.13. The lowest BCUT2D eigenvalue weighted by Crippen LogP contribution is -2.13. The van der Waals surface area contributed by atoms with Gasteiger partial charge < -0.3 is 14.6 Å². The first-order valence-corrected chi connectivity index (χ1v) is 8.65. The molecule has 1 aromatic heterocycles. The Morgan fingerprint density at radius 2 is 1.96 bits per heavy atom. The molecule has 0 aliphatic rings. The normalized spacial score (nSPS) is 10.6. The molecule has 0 spiro atoms. The number of aryl methyl sites for hydroxylation is 2. The van der Waals surface area contributed by atoms with Crippen molar-refractivity contribution in [2.75, 3.05) is 5.32 Å². The van der Waals surface area contributed by atoms with E-state index < -0.39 is 0 Å². The van der Waals surface area contributed by atoms with Crippen molar-refractivity contribution in [2.45, 2.75) is 26.7 Å². The van der Waals surface area contributed by atoms with Crippen molar-refractivity contribution in [2.24, 2.45) is 0 Å². The first-order valence-electron chi connectivity index (χ1n) is 8.27. The predicted molar refractivity (Wildman–Crippen MR) is 101 cm³/mol. The van der Waals surface area contributed by atoms with Crippen molar-refractivity contribution in [3.63, 3.8) is 0 Å². The molecule has 0 fully saturated rings. The van der Waals surface area contributed by atoms with E-state index in [2.05, 4.69) is 10.5 Å². The molecule has 1 heterocycles. The summed E-state index contributed by atoms with van der Waals surface area (Å²) in [6, 6.07) is 14.5. The number of anilines is 1. The molecule has 1 N–H and O–H groups in total. The minimum absolute atomic E-state index is 0.134. The number of hydrogen-bond acceptors (Lipinski definition) is 4. The van der Waals surface area contributed by atoms with Crippen LogP contribution < -0.4 is 10.1 Å². The second-order valence-corrected chi connectivity index (χ2v) is 6.34. The largest absolute Gasteiger partial charge is 0.455 e. The lowest BCUT2D eigenvalue weighted by atomic mass is 10.1. The molecule has 3 rings (SSSR count). The van der Waals surface area contributed by atoms with Crippen LogP contribution in [-0.2, 0) is 11.2 Å². The molecule has 0 atom stereocenters. The summed E-state index contributed by atoms with van der Waals surface area (Å²) in [4.78, 5) is 12.4. The van der Waals surface area contributed by atoms with Crippen LogP contribution in [0.1, 0.15) is 23.4 Å². The first kappa shape index (κ1) is 18.0. The average molecular weight is 371 g/mol. The number of rotatable bonds is 6. The maximum Gasteiger partial charge on any atom is 0.224 e. The molecule has 0 aliphatic carbocycles. The van der Waals surface area contributed by atoms with Crippen molar-refractivity contribution in [1.29, 1.82) is 0 Å². The number of amides is 1. The Hall–Kier alpha value is -2.79. The molecule has 3 aromatic rings. The van der Waals surface area contributed by atoms with E-state index in [1.165, 1.54) is 0 Å². The van der Waals surface area contributed by atoms with Gasteiger partial charge in [-0.1, -0.05) is 35.0 Å². The van der Waals surface area contributed by atoms with E-state index in [1.54, 1.807) is 18.2 Å². The van der Waals surface area contributed by atoms with Gasteiger partial charge in [0.1, 0.15) is 11.5 Å². The number of hydrogen-bond donors (Lipinski definition) is 1. The zero-order valence-corrected chi connectivity index (χ0v) is 15.3. The summed E-state index contributed by atoms with van der Waals surface area (Å²) in [7, 11) is 0. The molecule has 0 aliphatic heterocycles. The summed E-state index contributed by atoms with van der Waals surface area (Å²) >= 11 is 6.08.